The largest absolute Gasteiger partial charge is 0.591 e. The zero-order chi connectivity index (χ0) is 9.27. The Bertz CT molecular complexity index is 428. The van der Waals surface area contributed by atoms with E-state index >= 15 is 0 Å². The molecule has 3 bridgehead atoms. The van der Waals surface area contributed by atoms with E-state index in [2.05, 4.69) is 9.05 Å². The highest BCUT2D eigenvalue weighted by Crippen LogP contribution is 2.66. The number of ketones is 1. The lowest BCUT2D eigenvalue weighted by molar-refractivity contribution is -0.164. The Kier molecular flexibility index (Phi) is 0.970. The minimum absolute atomic E-state index is 0.0514. The summed E-state index contributed by atoms with van der Waals surface area (Å²) in [5.74, 6) is -3.13. The summed E-state index contributed by atoms with van der Waals surface area (Å²) < 4.78 is 25.3. The minimum Gasteiger partial charge on any atom is -0.391 e. The van der Waals surface area contributed by atoms with Gasteiger partial charge in [-0.25, -0.2) is 9.09 Å². The number of fused-ring (bicyclic) bond motifs is 2. The van der Waals surface area contributed by atoms with Crippen molar-refractivity contribution >= 4 is 13.6 Å². The second-order valence-corrected chi connectivity index (χ2v) is 4.22. The fourth-order valence-corrected chi connectivity index (χ4v) is 2.68. The van der Waals surface area contributed by atoms with E-state index in [1.807, 2.05) is 0 Å². The average molecular weight is 202 g/mol. The Morgan fingerprint density at radius 3 is 3.00 bits per heavy atom. The van der Waals surface area contributed by atoms with E-state index in [0.29, 0.717) is 0 Å². The second-order valence-electron chi connectivity index (χ2n) is 2.77. The van der Waals surface area contributed by atoms with Crippen molar-refractivity contribution in [2.45, 2.75) is 5.79 Å². The molecule has 2 heterocycles. The zero-order valence-electron chi connectivity index (χ0n) is 6.09. The van der Waals surface area contributed by atoms with Crippen molar-refractivity contribution in [1.82, 2.24) is 0 Å². The van der Waals surface area contributed by atoms with E-state index < -0.39 is 19.4 Å². The number of hydrogen-bond donors (Lipinski definition) is 1. The topological polar surface area (TPSA) is 82.1 Å². The van der Waals surface area contributed by atoms with E-state index in [0.717, 1.165) is 6.08 Å². The van der Waals surface area contributed by atoms with Gasteiger partial charge in [0.1, 0.15) is 0 Å². The van der Waals surface area contributed by atoms with Gasteiger partial charge in [0.05, 0.1) is 0 Å². The molecule has 1 aliphatic carbocycles. The summed E-state index contributed by atoms with van der Waals surface area (Å²) in [6, 6.07) is 0. The van der Waals surface area contributed by atoms with Crippen molar-refractivity contribution in [3.8, 4) is 0 Å². The Labute approximate surface area is 72.0 Å². The van der Waals surface area contributed by atoms with Crippen LogP contribution in [0.2, 0.25) is 0 Å². The first-order valence-electron chi connectivity index (χ1n) is 3.43. The van der Waals surface area contributed by atoms with Crippen molar-refractivity contribution in [3.05, 3.63) is 23.7 Å². The van der Waals surface area contributed by atoms with Gasteiger partial charge in [0.15, 0.2) is 5.76 Å². The predicted molar refractivity (Wildman–Crippen MR) is 37.0 cm³/mol. The van der Waals surface area contributed by atoms with Gasteiger partial charge in [-0.3, -0.25) is 4.79 Å². The molecule has 0 aromatic carbocycles. The van der Waals surface area contributed by atoms with E-state index in [-0.39, 0.29) is 11.5 Å². The van der Waals surface area contributed by atoms with Crippen LogP contribution >= 0.6 is 7.82 Å². The van der Waals surface area contributed by atoms with Crippen LogP contribution in [0.15, 0.2) is 23.7 Å². The van der Waals surface area contributed by atoms with Crippen LogP contribution in [-0.4, -0.2) is 16.7 Å². The molecule has 2 aliphatic heterocycles. The van der Waals surface area contributed by atoms with Crippen LogP contribution in [0.5, 0.6) is 0 Å². The van der Waals surface area contributed by atoms with Crippen molar-refractivity contribution in [3.63, 3.8) is 0 Å². The van der Waals surface area contributed by atoms with Gasteiger partial charge in [-0.1, -0.05) is 0 Å². The summed E-state index contributed by atoms with van der Waals surface area (Å²) in [5, 5.41) is 9.51. The minimum atomic E-state index is -3.78. The lowest BCUT2D eigenvalue weighted by Gasteiger charge is -2.27. The summed E-state index contributed by atoms with van der Waals surface area (Å²) in [6.07, 6.45) is 2.37. The molecule has 0 aromatic heterocycles. The summed E-state index contributed by atoms with van der Waals surface area (Å²) in [4.78, 5) is 11.3. The third-order valence-corrected chi connectivity index (χ3v) is 3.21. The standard InChI is InChI=1S/C6H3O6P/c7-5-4-3-1-2-6(5,8)12-13(9,10-3)11-4/h1-2,8H. The van der Waals surface area contributed by atoms with Gasteiger partial charge < -0.3 is 14.2 Å². The third kappa shape index (κ3) is 0.709. The summed E-state index contributed by atoms with van der Waals surface area (Å²) in [6.45, 7) is 0. The SMILES string of the molecule is O=C1C2=C3C=CC1(O)OP(=O)(O3)O2. The molecule has 2 unspecified atom stereocenters. The second kappa shape index (κ2) is 1.72. The van der Waals surface area contributed by atoms with Crippen LogP contribution < -0.4 is 0 Å². The van der Waals surface area contributed by atoms with E-state index in [4.69, 9.17) is 4.52 Å². The average Bonchev–Trinajstić information content (AvgIpc) is 2.25. The Hall–Kier alpha value is -1.10. The lowest BCUT2D eigenvalue weighted by Crippen LogP contribution is -2.43. The van der Waals surface area contributed by atoms with E-state index in [1.54, 1.807) is 0 Å². The Balaban J connectivity index is 2.30. The molecule has 6 nitrogen and oxygen atoms in total. The van der Waals surface area contributed by atoms with Crippen molar-refractivity contribution in [2.24, 2.45) is 0 Å². The molecule has 1 N–H and O–H groups in total. The van der Waals surface area contributed by atoms with Gasteiger partial charge in [0, 0.05) is 0 Å². The van der Waals surface area contributed by atoms with Gasteiger partial charge in [-0.15, -0.1) is 0 Å². The number of rotatable bonds is 0. The molecule has 3 rings (SSSR count). The highest BCUT2D eigenvalue weighted by Gasteiger charge is 2.61. The first-order valence-corrected chi connectivity index (χ1v) is 4.89. The Morgan fingerprint density at radius 1 is 1.46 bits per heavy atom. The van der Waals surface area contributed by atoms with E-state index in [1.165, 1.54) is 6.08 Å². The van der Waals surface area contributed by atoms with Crippen molar-refractivity contribution in [2.75, 3.05) is 0 Å². The Morgan fingerprint density at radius 2 is 2.23 bits per heavy atom. The summed E-state index contributed by atoms with van der Waals surface area (Å²) in [5.41, 5.74) is 0. The van der Waals surface area contributed by atoms with Gasteiger partial charge in [0.25, 0.3) is 11.6 Å². The lowest BCUT2D eigenvalue weighted by atomic mass is 10.0. The molecule has 7 heteroatoms. The fourth-order valence-electron chi connectivity index (χ4n) is 1.30. The molecule has 0 spiro atoms. The zero-order valence-corrected chi connectivity index (χ0v) is 6.98. The molecule has 0 radical (unpaired) electrons. The van der Waals surface area contributed by atoms with Crippen LogP contribution in [-0.2, 0) is 22.9 Å². The fraction of sp³-hybridized carbons (Fsp3) is 0.167. The molecule has 13 heavy (non-hydrogen) atoms. The monoisotopic (exact) mass is 202 g/mol. The number of carbonyl (C=O) groups is 1. The first kappa shape index (κ1) is 7.32. The quantitative estimate of drug-likeness (QED) is 0.565. The molecule has 1 fully saturated rings. The van der Waals surface area contributed by atoms with E-state index in [9.17, 15) is 14.5 Å². The molecule has 0 aromatic rings. The van der Waals surface area contributed by atoms with Crippen molar-refractivity contribution < 1.29 is 28.0 Å². The molecule has 1 saturated heterocycles. The smallest absolute Gasteiger partial charge is 0.391 e. The number of Topliss-reactive ketones (excluding diaryl/α,β-unsaturated/α-hetero) is 1. The number of hydrogen-bond acceptors (Lipinski definition) is 6. The normalized spacial score (nSPS) is 45.2. The highest BCUT2D eigenvalue weighted by molar-refractivity contribution is 7.49. The summed E-state index contributed by atoms with van der Waals surface area (Å²) >= 11 is 0. The van der Waals surface area contributed by atoms with Crippen LogP contribution in [0.1, 0.15) is 0 Å². The maximum atomic E-state index is 11.4. The van der Waals surface area contributed by atoms with Gasteiger partial charge in [0.2, 0.25) is 5.76 Å². The van der Waals surface area contributed by atoms with Crippen LogP contribution in [0.4, 0.5) is 0 Å². The number of allylic oxidation sites excluding steroid dienone is 1. The van der Waals surface area contributed by atoms with Crippen LogP contribution in [0.3, 0.4) is 0 Å². The van der Waals surface area contributed by atoms with Gasteiger partial charge >= 0.3 is 7.82 Å². The number of carbonyl (C=O) groups excluding carboxylic acids is 1. The molecule has 0 saturated carbocycles. The molecule has 2 atom stereocenters. The number of phosphoric acid groups is 1. The van der Waals surface area contributed by atoms with Gasteiger partial charge in [-0.2, -0.15) is 0 Å². The van der Waals surface area contributed by atoms with Gasteiger partial charge in [-0.05, 0) is 12.2 Å². The molecular weight excluding hydrogens is 199 g/mol. The molecule has 3 aliphatic rings. The van der Waals surface area contributed by atoms with Crippen LogP contribution in [0, 0.1) is 0 Å². The molecule has 0 amide bonds. The first-order chi connectivity index (χ1) is 6.03. The predicted octanol–water partition coefficient (Wildman–Crippen LogP) is 0.211. The maximum Gasteiger partial charge on any atom is 0.591 e. The highest BCUT2D eigenvalue weighted by atomic mass is 31.2. The molecular formula is C6H3O6P. The maximum absolute atomic E-state index is 11.4. The third-order valence-electron chi connectivity index (χ3n) is 1.88. The number of aliphatic hydroxyl groups is 1. The molecule has 68 valence electrons. The number of phosphoric ester groups is 1. The van der Waals surface area contributed by atoms with Crippen molar-refractivity contribution in [1.29, 1.82) is 0 Å². The van der Waals surface area contributed by atoms with Crippen LogP contribution in [0.25, 0.3) is 0 Å². The summed E-state index contributed by atoms with van der Waals surface area (Å²) in [7, 11) is -3.78.